The highest BCUT2D eigenvalue weighted by molar-refractivity contribution is 6.30. The van der Waals surface area contributed by atoms with Crippen molar-refractivity contribution in [2.45, 2.75) is 18.8 Å². The van der Waals surface area contributed by atoms with E-state index < -0.39 is 23.7 Å². The smallest absolute Gasteiger partial charge is 0.441 e. The van der Waals surface area contributed by atoms with Crippen LogP contribution in [0, 0.1) is 6.92 Å². The highest BCUT2D eigenvalue weighted by Gasteiger charge is 2.63. The minimum atomic E-state index is -5.25. The van der Waals surface area contributed by atoms with Crippen LogP contribution in [0.3, 0.4) is 0 Å². The van der Waals surface area contributed by atoms with Crippen LogP contribution in [-0.2, 0) is 9.53 Å². The maximum atomic E-state index is 13.9. The Labute approximate surface area is 157 Å². The molecule has 1 heterocycles. The third-order valence-electron chi connectivity index (χ3n) is 3.65. The van der Waals surface area contributed by atoms with Crippen molar-refractivity contribution in [1.29, 1.82) is 0 Å². The first-order valence-electron chi connectivity index (χ1n) is 7.54. The molecule has 0 saturated carbocycles. The molecule has 1 aromatic heterocycles. The van der Waals surface area contributed by atoms with E-state index in [4.69, 9.17) is 11.6 Å². The van der Waals surface area contributed by atoms with E-state index in [9.17, 15) is 22.8 Å². The zero-order chi connectivity index (χ0) is 20.2. The number of methoxy groups -OCH3 is 1. The minimum absolute atomic E-state index is 0.0270. The van der Waals surface area contributed by atoms with E-state index in [-0.39, 0.29) is 16.4 Å². The molecule has 10 heteroatoms. The van der Waals surface area contributed by atoms with E-state index in [1.165, 1.54) is 18.2 Å². The summed E-state index contributed by atoms with van der Waals surface area (Å²) in [6, 6.07) is 8.41. The Kier molecular flexibility index (Phi) is 5.94. The lowest BCUT2D eigenvalue weighted by Gasteiger charge is -2.34. The number of pyridine rings is 1. The number of ether oxygens (including phenoxy) is 1. The molecule has 0 unspecified atom stereocenters. The van der Waals surface area contributed by atoms with Gasteiger partial charge in [0, 0.05) is 11.8 Å². The zero-order valence-corrected chi connectivity index (χ0v) is 15.0. The molecule has 0 aliphatic carbocycles. The third kappa shape index (κ3) is 4.30. The normalized spacial score (nSPS) is 13.4. The van der Waals surface area contributed by atoms with Gasteiger partial charge in [0.2, 0.25) is 0 Å². The second-order valence-corrected chi connectivity index (χ2v) is 5.93. The average molecular weight is 402 g/mol. The van der Waals surface area contributed by atoms with E-state index in [1.807, 2.05) is 5.32 Å². The summed E-state index contributed by atoms with van der Waals surface area (Å²) in [4.78, 5) is 28.3. The Hall–Kier alpha value is -2.81. The van der Waals surface area contributed by atoms with Crippen LogP contribution >= 0.6 is 11.6 Å². The molecule has 1 aromatic carbocycles. The lowest BCUT2D eigenvalue weighted by Crippen LogP contribution is -2.69. The number of benzene rings is 1. The molecule has 2 aromatic rings. The first-order chi connectivity index (χ1) is 12.6. The van der Waals surface area contributed by atoms with Crippen LogP contribution in [0.5, 0.6) is 0 Å². The van der Waals surface area contributed by atoms with Crippen molar-refractivity contribution in [2.75, 3.05) is 12.4 Å². The van der Waals surface area contributed by atoms with Gasteiger partial charge in [-0.05, 0) is 30.7 Å². The van der Waals surface area contributed by atoms with E-state index in [0.29, 0.717) is 5.56 Å². The Morgan fingerprint density at radius 1 is 1.15 bits per heavy atom. The van der Waals surface area contributed by atoms with Gasteiger partial charge in [-0.2, -0.15) is 13.2 Å². The first kappa shape index (κ1) is 20.5. The van der Waals surface area contributed by atoms with Gasteiger partial charge >= 0.3 is 17.8 Å². The van der Waals surface area contributed by atoms with E-state index in [2.05, 4.69) is 9.72 Å². The fourth-order valence-electron chi connectivity index (χ4n) is 2.25. The second-order valence-electron chi connectivity index (χ2n) is 5.50. The average Bonchev–Trinajstić information content (AvgIpc) is 2.61. The molecule has 0 aliphatic rings. The van der Waals surface area contributed by atoms with Crippen LogP contribution in [-0.4, -0.2) is 35.8 Å². The third-order valence-corrected chi connectivity index (χ3v) is 3.87. The number of rotatable bonds is 5. The largest absolute Gasteiger partial charge is 0.466 e. The van der Waals surface area contributed by atoms with Crippen LogP contribution in [0.1, 0.15) is 15.9 Å². The fourth-order valence-corrected chi connectivity index (χ4v) is 2.36. The predicted molar refractivity (Wildman–Crippen MR) is 92.3 cm³/mol. The summed E-state index contributed by atoms with van der Waals surface area (Å²) in [5.74, 6) is -3.21. The molecule has 0 bridgehead atoms. The summed E-state index contributed by atoms with van der Waals surface area (Å²) in [5.41, 5.74) is -3.15. The summed E-state index contributed by atoms with van der Waals surface area (Å²) >= 11 is 5.67. The SMILES string of the molecule is COC(=O)[C@](NC(=O)c1ccccc1C)(Nc1ccc(Cl)cn1)C(F)(F)F. The number of alkyl halides is 3. The standard InChI is InChI=1S/C17H15ClF3N3O3/c1-10-5-3-4-6-12(10)14(25)24-16(15(26)27-2,17(19,20)21)23-13-8-7-11(18)9-22-13/h3-9H,1-2H3,(H,22,23)(H,24,25)/t16-/m1/s1. The molecule has 6 nitrogen and oxygen atoms in total. The number of carbonyl (C=O) groups is 2. The molecule has 0 radical (unpaired) electrons. The van der Waals surface area contributed by atoms with Crippen molar-refractivity contribution in [2.24, 2.45) is 0 Å². The topological polar surface area (TPSA) is 80.3 Å². The number of hydrogen-bond acceptors (Lipinski definition) is 5. The first-order valence-corrected chi connectivity index (χ1v) is 7.91. The predicted octanol–water partition coefficient (Wildman–Crippen LogP) is 3.32. The lowest BCUT2D eigenvalue weighted by molar-refractivity contribution is -0.203. The molecule has 0 aliphatic heterocycles. The van der Waals surface area contributed by atoms with Gasteiger partial charge in [-0.15, -0.1) is 0 Å². The lowest BCUT2D eigenvalue weighted by atomic mass is 10.1. The molecule has 0 fully saturated rings. The minimum Gasteiger partial charge on any atom is -0.466 e. The highest BCUT2D eigenvalue weighted by Crippen LogP contribution is 2.33. The summed E-state index contributed by atoms with van der Waals surface area (Å²) in [6.45, 7) is 1.55. The number of esters is 1. The Bertz CT molecular complexity index is 843. The van der Waals surface area contributed by atoms with Gasteiger partial charge in [-0.3, -0.25) is 4.79 Å². The molecule has 27 heavy (non-hydrogen) atoms. The number of hydrogen-bond donors (Lipinski definition) is 2. The molecule has 0 spiro atoms. The number of amides is 1. The van der Waals surface area contributed by atoms with Gasteiger partial charge in [-0.1, -0.05) is 29.8 Å². The van der Waals surface area contributed by atoms with Crippen molar-refractivity contribution in [3.63, 3.8) is 0 Å². The van der Waals surface area contributed by atoms with Crippen LogP contribution in [0.15, 0.2) is 42.6 Å². The van der Waals surface area contributed by atoms with Crippen LogP contribution in [0.25, 0.3) is 0 Å². The Balaban J connectivity index is 2.50. The zero-order valence-electron chi connectivity index (χ0n) is 14.2. The monoisotopic (exact) mass is 401 g/mol. The van der Waals surface area contributed by atoms with Crippen molar-refractivity contribution >= 4 is 29.3 Å². The van der Waals surface area contributed by atoms with Gasteiger partial charge in [0.05, 0.1) is 12.1 Å². The number of nitrogens with zero attached hydrogens (tertiary/aromatic N) is 1. The summed E-state index contributed by atoms with van der Waals surface area (Å²) in [7, 11) is 0.777. The van der Waals surface area contributed by atoms with E-state index >= 15 is 0 Å². The fraction of sp³-hybridized carbons (Fsp3) is 0.235. The summed E-state index contributed by atoms with van der Waals surface area (Å²) < 4.78 is 46.1. The number of aryl methyl sites for hydroxylation is 1. The number of halogens is 4. The number of nitrogens with one attached hydrogen (secondary N) is 2. The van der Waals surface area contributed by atoms with Crippen molar-refractivity contribution in [3.05, 3.63) is 58.7 Å². The van der Waals surface area contributed by atoms with Crippen LogP contribution in [0.2, 0.25) is 5.02 Å². The van der Waals surface area contributed by atoms with Gasteiger partial charge in [-0.25, -0.2) is 9.78 Å². The summed E-state index contributed by atoms with van der Waals surface area (Å²) in [6.07, 6.45) is -4.16. The van der Waals surface area contributed by atoms with Crippen molar-refractivity contribution < 1.29 is 27.5 Å². The van der Waals surface area contributed by atoms with Crippen molar-refractivity contribution in [1.82, 2.24) is 10.3 Å². The molecule has 2 N–H and O–H groups in total. The Morgan fingerprint density at radius 2 is 1.81 bits per heavy atom. The second kappa shape index (κ2) is 7.83. The number of carbonyl (C=O) groups excluding carboxylic acids is 2. The van der Waals surface area contributed by atoms with Crippen LogP contribution < -0.4 is 10.6 Å². The molecular weight excluding hydrogens is 387 g/mol. The molecule has 144 valence electrons. The van der Waals surface area contributed by atoms with E-state index in [1.54, 1.807) is 24.4 Å². The van der Waals surface area contributed by atoms with Crippen molar-refractivity contribution in [3.8, 4) is 0 Å². The van der Waals surface area contributed by atoms with Gasteiger partial charge in [0.25, 0.3) is 5.91 Å². The molecule has 1 amide bonds. The van der Waals surface area contributed by atoms with Crippen LogP contribution in [0.4, 0.5) is 19.0 Å². The Morgan fingerprint density at radius 3 is 2.33 bits per heavy atom. The maximum Gasteiger partial charge on any atom is 0.441 e. The summed E-state index contributed by atoms with van der Waals surface area (Å²) in [5, 5.41) is 3.83. The van der Waals surface area contributed by atoms with E-state index in [0.717, 1.165) is 19.4 Å². The van der Waals surface area contributed by atoms with Gasteiger partial charge in [0.1, 0.15) is 5.82 Å². The molecular formula is C17H15ClF3N3O3. The number of anilines is 1. The quantitative estimate of drug-likeness (QED) is 0.593. The molecule has 1 atom stereocenters. The maximum absolute atomic E-state index is 13.9. The molecule has 2 rings (SSSR count). The highest BCUT2D eigenvalue weighted by atomic mass is 35.5. The van der Waals surface area contributed by atoms with Gasteiger partial charge in [0.15, 0.2) is 0 Å². The molecule has 0 saturated heterocycles. The number of aromatic nitrogens is 1. The van der Waals surface area contributed by atoms with Gasteiger partial charge < -0.3 is 15.4 Å².